The fourth-order valence-corrected chi connectivity index (χ4v) is 4.37. The number of nitrogens with zero attached hydrogens (tertiary/aromatic N) is 2. The monoisotopic (exact) mass is 393 g/mol. The van der Waals surface area contributed by atoms with Gasteiger partial charge in [-0.25, -0.2) is 4.79 Å². The molecule has 5 heteroatoms. The van der Waals surface area contributed by atoms with Gasteiger partial charge in [0.2, 0.25) is 0 Å². The summed E-state index contributed by atoms with van der Waals surface area (Å²) in [5, 5.41) is 3.19. The lowest BCUT2D eigenvalue weighted by atomic mass is 9.83. The lowest BCUT2D eigenvalue weighted by Crippen LogP contribution is -2.52. The topological polar surface area (TPSA) is 44.8 Å². The van der Waals surface area contributed by atoms with Crippen molar-refractivity contribution in [2.75, 3.05) is 45.9 Å². The molecule has 2 aromatic carbocycles. The van der Waals surface area contributed by atoms with Crippen molar-refractivity contribution in [3.8, 4) is 5.75 Å². The summed E-state index contributed by atoms with van der Waals surface area (Å²) in [5.41, 5.74) is 2.87. The van der Waals surface area contributed by atoms with E-state index in [1.165, 1.54) is 17.5 Å². The largest absolute Gasteiger partial charge is 0.492 e. The number of urea groups is 1. The Morgan fingerprint density at radius 1 is 1.00 bits per heavy atom. The van der Waals surface area contributed by atoms with Gasteiger partial charge in [0.15, 0.2) is 0 Å². The minimum Gasteiger partial charge on any atom is -0.492 e. The average molecular weight is 394 g/mol. The molecule has 0 bridgehead atoms. The third-order valence-electron chi connectivity index (χ3n) is 6.07. The van der Waals surface area contributed by atoms with Crippen LogP contribution in [0.5, 0.6) is 5.75 Å². The zero-order valence-electron chi connectivity index (χ0n) is 17.1. The van der Waals surface area contributed by atoms with Crippen molar-refractivity contribution in [1.82, 2.24) is 15.1 Å². The molecule has 1 aliphatic carbocycles. The first-order valence-corrected chi connectivity index (χ1v) is 10.8. The molecule has 29 heavy (non-hydrogen) atoms. The summed E-state index contributed by atoms with van der Waals surface area (Å²) in [6.07, 6.45) is 3.53. The summed E-state index contributed by atoms with van der Waals surface area (Å²) in [7, 11) is 0. The minimum atomic E-state index is 0.0771. The molecule has 1 saturated heterocycles. The summed E-state index contributed by atoms with van der Waals surface area (Å²) < 4.78 is 5.78. The van der Waals surface area contributed by atoms with Gasteiger partial charge in [0, 0.05) is 45.2 Å². The quantitative estimate of drug-likeness (QED) is 0.817. The number of nitrogens with one attached hydrogen (secondary N) is 1. The smallest absolute Gasteiger partial charge is 0.317 e. The van der Waals surface area contributed by atoms with Crippen LogP contribution in [0.3, 0.4) is 0 Å². The van der Waals surface area contributed by atoms with Crippen LogP contribution in [0, 0.1) is 0 Å². The molecule has 2 amide bonds. The molecule has 2 aromatic rings. The predicted octanol–water partition coefficient (Wildman–Crippen LogP) is 3.51. The molecule has 1 aliphatic heterocycles. The van der Waals surface area contributed by atoms with E-state index in [-0.39, 0.29) is 6.03 Å². The number of amides is 2. The van der Waals surface area contributed by atoms with Crippen LogP contribution >= 0.6 is 0 Å². The van der Waals surface area contributed by atoms with E-state index in [4.69, 9.17) is 4.74 Å². The number of para-hydroxylation sites is 1. The molecule has 4 rings (SSSR count). The Balaban J connectivity index is 1.17. The zero-order valence-corrected chi connectivity index (χ0v) is 17.1. The Morgan fingerprint density at radius 2 is 1.76 bits per heavy atom. The molecule has 0 aromatic heterocycles. The lowest BCUT2D eigenvalue weighted by Gasteiger charge is -2.35. The Kier molecular flexibility index (Phi) is 6.67. The molecule has 1 unspecified atom stereocenters. The van der Waals surface area contributed by atoms with E-state index in [0.717, 1.165) is 57.9 Å². The molecule has 5 nitrogen and oxygen atoms in total. The summed E-state index contributed by atoms with van der Waals surface area (Å²) in [6, 6.07) is 18.7. The fourth-order valence-electron chi connectivity index (χ4n) is 4.37. The molecule has 1 atom stereocenters. The number of carbonyl (C=O) groups excluding carboxylic acids is 1. The minimum absolute atomic E-state index is 0.0771. The highest BCUT2D eigenvalue weighted by Gasteiger charge is 2.24. The van der Waals surface area contributed by atoms with Crippen LogP contribution in [0.4, 0.5) is 4.79 Å². The van der Waals surface area contributed by atoms with Crippen molar-refractivity contribution < 1.29 is 9.53 Å². The first-order chi connectivity index (χ1) is 14.3. The van der Waals surface area contributed by atoms with Crippen molar-refractivity contribution >= 4 is 6.03 Å². The van der Waals surface area contributed by atoms with Crippen LogP contribution in [0.15, 0.2) is 54.6 Å². The number of hydrogen-bond acceptors (Lipinski definition) is 3. The highest BCUT2D eigenvalue weighted by atomic mass is 16.5. The average Bonchev–Trinajstić information content (AvgIpc) is 2.78. The summed E-state index contributed by atoms with van der Waals surface area (Å²) in [6.45, 7) is 5.66. The Morgan fingerprint density at radius 3 is 2.59 bits per heavy atom. The number of fused-ring (bicyclic) bond motifs is 1. The van der Waals surface area contributed by atoms with Gasteiger partial charge in [-0.3, -0.25) is 4.90 Å². The van der Waals surface area contributed by atoms with Crippen LogP contribution in [-0.2, 0) is 6.42 Å². The standard InChI is InChI=1S/C24H31N3O2/c28-24(25-19-21-9-6-8-20-7-4-5-12-23(20)21)27-15-13-26(14-16-27)17-18-29-22-10-2-1-3-11-22/h1-5,7,10-12,21H,6,8-9,13-19H2,(H,25,28). The van der Waals surface area contributed by atoms with E-state index in [0.29, 0.717) is 12.5 Å². The Hall–Kier alpha value is -2.53. The number of ether oxygens (including phenoxy) is 1. The van der Waals surface area contributed by atoms with E-state index >= 15 is 0 Å². The van der Waals surface area contributed by atoms with E-state index in [1.54, 1.807) is 0 Å². The van der Waals surface area contributed by atoms with Gasteiger partial charge in [0.1, 0.15) is 12.4 Å². The van der Waals surface area contributed by atoms with E-state index < -0.39 is 0 Å². The molecular weight excluding hydrogens is 362 g/mol. The van der Waals surface area contributed by atoms with Gasteiger partial charge in [-0.1, -0.05) is 42.5 Å². The van der Waals surface area contributed by atoms with E-state index in [9.17, 15) is 4.79 Å². The molecule has 0 spiro atoms. The molecule has 1 fully saturated rings. The molecule has 1 N–H and O–H groups in total. The van der Waals surface area contributed by atoms with Gasteiger partial charge in [-0.15, -0.1) is 0 Å². The molecule has 2 aliphatic rings. The van der Waals surface area contributed by atoms with Gasteiger partial charge >= 0.3 is 6.03 Å². The normalized spacial score (nSPS) is 19.4. The number of benzene rings is 2. The number of aryl methyl sites for hydroxylation is 1. The SMILES string of the molecule is O=C(NCC1CCCc2ccccc21)N1CCN(CCOc2ccccc2)CC1. The van der Waals surface area contributed by atoms with Gasteiger partial charge in [-0.2, -0.15) is 0 Å². The molecule has 0 radical (unpaired) electrons. The third-order valence-corrected chi connectivity index (χ3v) is 6.07. The number of carbonyl (C=O) groups is 1. The van der Waals surface area contributed by atoms with Crippen LogP contribution in [-0.4, -0.2) is 61.7 Å². The van der Waals surface area contributed by atoms with E-state index in [1.807, 2.05) is 35.2 Å². The maximum atomic E-state index is 12.6. The number of hydrogen-bond donors (Lipinski definition) is 1. The highest BCUT2D eigenvalue weighted by molar-refractivity contribution is 5.74. The maximum Gasteiger partial charge on any atom is 0.317 e. The summed E-state index contributed by atoms with van der Waals surface area (Å²) in [4.78, 5) is 16.9. The van der Waals surface area contributed by atoms with Gasteiger partial charge in [-0.05, 0) is 42.5 Å². The second kappa shape index (κ2) is 9.79. The van der Waals surface area contributed by atoms with Crippen LogP contribution in [0.25, 0.3) is 0 Å². The summed E-state index contributed by atoms with van der Waals surface area (Å²) >= 11 is 0. The van der Waals surface area contributed by atoms with Crippen LogP contribution < -0.4 is 10.1 Å². The Bertz CT molecular complexity index is 788. The van der Waals surface area contributed by atoms with Crippen molar-refractivity contribution in [2.45, 2.75) is 25.2 Å². The number of rotatable bonds is 6. The molecule has 154 valence electrons. The second-order valence-electron chi connectivity index (χ2n) is 7.96. The van der Waals surface area contributed by atoms with Crippen LogP contribution in [0.2, 0.25) is 0 Å². The van der Waals surface area contributed by atoms with Gasteiger partial charge in [0.25, 0.3) is 0 Å². The highest BCUT2D eigenvalue weighted by Crippen LogP contribution is 2.30. The van der Waals surface area contributed by atoms with E-state index in [2.05, 4.69) is 34.5 Å². The first-order valence-electron chi connectivity index (χ1n) is 10.8. The van der Waals surface area contributed by atoms with Crippen molar-refractivity contribution in [1.29, 1.82) is 0 Å². The van der Waals surface area contributed by atoms with Crippen molar-refractivity contribution in [3.05, 3.63) is 65.7 Å². The van der Waals surface area contributed by atoms with Crippen LogP contribution in [0.1, 0.15) is 29.9 Å². The van der Waals surface area contributed by atoms with Gasteiger partial charge < -0.3 is 15.0 Å². The van der Waals surface area contributed by atoms with Crippen molar-refractivity contribution in [2.24, 2.45) is 0 Å². The molecule has 1 heterocycles. The third kappa shape index (κ3) is 5.30. The summed E-state index contributed by atoms with van der Waals surface area (Å²) in [5.74, 6) is 1.36. The Labute approximate surface area is 173 Å². The fraction of sp³-hybridized carbons (Fsp3) is 0.458. The van der Waals surface area contributed by atoms with Crippen molar-refractivity contribution in [3.63, 3.8) is 0 Å². The molecule has 0 saturated carbocycles. The maximum absolute atomic E-state index is 12.6. The molecular formula is C24H31N3O2. The predicted molar refractivity (Wildman–Crippen MR) is 115 cm³/mol. The lowest BCUT2D eigenvalue weighted by molar-refractivity contribution is 0.126. The zero-order chi connectivity index (χ0) is 19.9. The second-order valence-corrected chi connectivity index (χ2v) is 7.96. The first kappa shape index (κ1) is 19.8. The number of piperazine rings is 1. The van der Waals surface area contributed by atoms with Gasteiger partial charge in [0.05, 0.1) is 0 Å².